The lowest BCUT2D eigenvalue weighted by molar-refractivity contribution is 0.101. The first-order valence-electron chi connectivity index (χ1n) is 3.76. The molecule has 3 nitrogen and oxygen atoms in total. The molecule has 0 unspecified atom stereocenters. The fourth-order valence-corrected chi connectivity index (χ4v) is 1.91. The number of thiophene rings is 1. The Morgan fingerprint density at radius 1 is 1.62 bits per heavy atom. The van der Waals surface area contributed by atoms with E-state index in [2.05, 4.69) is 4.98 Å². The van der Waals surface area contributed by atoms with Crippen LogP contribution in [0.15, 0.2) is 17.6 Å². The fraction of sp³-hybridized carbons (Fsp3) is 0.111. The van der Waals surface area contributed by atoms with E-state index in [1.54, 1.807) is 6.07 Å². The van der Waals surface area contributed by atoms with Crippen molar-refractivity contribution >= 4 is 27.3 Å². The average molecular weight is 193 g/mol. The van der Waals surface area contributed by atoms with E-state index in [0.717, 1.165) is 4.83 Å². The third-order valence-corrected chi connectivity index (χ3v) is 2.67. The summed E-state index contributed by atoms with van der Waals surface area (Å²) in [6.07, 6.45) is 1.41. The van der Waals surface area contributed by atoms with E-state index in [4.69, 9.17) is 0 Å². The summed E-state index contributed by atoms with van der Waals surface area (Å²) in [5, 5.41) is 12.1. The number of ketones is 1. The minimum atomic E-state index is -0.168. The number of aromatic nitrogens is 1. The maximum atomic E-state index is 11.0. The van der Waals surface area contributed by atoms with E-state index in [-0.39, 0.29) is 17.1 Å². The summed E-state index contributed by atoms with van der Waals surface area (Å²) in [7, 11) is 0. The molecule has 1 N–H and O–H groups in total. The molecule has 0 saturated heterocycles. The molecule has 0 bridgehead atoms. The molecule has 2 heterocycles. The first-order chi connectivity index (χ1) is 6.20. The molecule has 0 radical (unpaired) electrons. The van der Waals surface area contributed by atoms with Gasteiger partial charge in [0.1, 0.15) is 10.6 Å². The number of Topliss-reactive ketones (excluding diaryl/α,β-unsaturated/α-hetero) is 1. The van der Waals surface area contributed by atoms with Crippen molar-refractivity contribution in [1.82, 2.24) is 4.98 Å². The number of hydrogen-bond acceptors (Lipinski definition) is 4. The van der Waals surface area contributed by atoms with Crippen molar-refractivity contribution in [2.45, 2.75) is 6.92 Å². The maximum Gasteiger partial charge on any atom is 0.165 e. The largest absolute Gasteiger partial charge is 0.506 e. The number of rotatable bonds is 1. The fourth-order valence-electron chi connectivity index (χ4n) is 1.17. The molecule has 4 heteroatoms. The quantitative estimate of drug-likeness (QED) is 0.706. The highest BCUT2D eigenvalue weighted by Crippen LogP contribution is 2.30. The van der Waals surface area contributed by atoms with Crippen LogP contribution in [0.4, 0.5) is 0 Å². The van der Waals surface area contributed by atoms with Gasteiger partial charge in [0.2, 0.25) is 0 Å². The van der Waals surface area contributed by atoms with Crippen LogP contribution in [-0.2, 0) is 0 Å². The van der Waals surface area contributed by atoms with Gasteiger partial charge in [-0.05, 0) is 18.4 Å². The van der Waals surface area contributed by atoms with Crippen LogP contribution >= 0.6 is 11.3 Å². The first-order valence-corrected chi connectivity index (χ1v) is 4.64. The minimum absolute atomic E-state index is 0.0405. The highest BCUT2D eigenvalue weighted by atomic mass is 32.1. The lowest BCUT2D eigenvalue weighted by Crippen LogP contribution is -1.93. The first kappa shape index (κ1) is 8.19. The molecule has 2 aromatic rings. The number of carbonyl (C=O) groups excluding carboxylic acids is 1. The smallest absolute Gasteiger partial charge is 0.165 e. The van der Waals surface area contributed by atoms with Crippen LogP contribution in [0.25, 0.3) is 10.2 Å². The molecule has 13 heavy (non-hydrogen) atoms. The SMILES string of the molecule is CC(=O)c1cnc2sccc2c1O. The number of pyridine rings is 1. The van der Waals surface area contributed by atoms with Gasteiger partial charge in [-0.2, -0.15) is 0 Å². The van der Waals surface area contributed by atoms with Gasteiger partial charge >= 0.3 is 0 Å². The van der Waals surface area contributed by atoms with Gasteiger partial charge in [-0.25, -0.2) is 4.98 Å². The van der Waals surface area contributed by atoms with Gasteiger partial charge in [0.25, 0.3) is 0 Å². The van der Waals surface area contributed by atoms with Crippen molar-refractivity contribution < 1.29 is 9.90 Å². The van der Waals surface area contributed by atoms with Gasteiger partial charge in [0.05, 0.1) is 10.9 Å². The van der Waals surface area contributed by atoms with Gasteiger partial charge < -0.3 is 5.11 Å². The summed E-state index contributed by atoms with van der Waals surface area (Å²) < 4.78 is 0. The zero-order chi connectivity index (χ0) is 9.42. The molecule has 2 rings (SSSR count). The molecule has 0 aromatic carbocycles. The van der Waals surface area contributed by atoms with E-state index < -0.39 is 0 Å². The molecule has 0 saturated carbocycles. The monoisotopic (exact) mass is 193 g/mol. The van der Waals surface area contributed by atoms with E-state index in [1.807, 2.05) is 5.38 Å². The Balaban J connectivity index is 2.80. The van der Waals surface area contributed by atoms with Crippen molar-refractivity contribution in [2.24, 2.45) is 0 Å². The molecule has 66 valence electrons. The van der Waals surface area contributed by atoms with Crippen LogP contribution in [0, 0.1) is 0 Å². The third kappa shape index (κ3) is 1.19. The summed E-state index contributed by atoms with van der Waals surface area (Å²) in [4.78, 5) is 15.8. The summed E-state index contributed by atoms with van der Waals surface area (Å²) in [5.74, 6) is -0.128. The molecule has 0 spiro atoms. The number of hydrogen-bond donors (Lipinski definition) is 1. The van der Waals surface area contributed by atoms with Crippen molar-refractivity contribution in [2.75, 3.05) is 0 Å². The summed E-state index contributed by atoms with van der Waals surface area (Å²) in [5.41, 5.74) is 0.283. The van der Waals surface area contributed by atoms with Crippen molar-refractivity contribution in [1.29, 1.82) is 0 Å². The minimum Gasteiger partial charge on any atom is -0.506 e. The second-order valence-corrected chi connectivity index (χ2v) is 3.61. The maximum absolute atomic E-state index is 11.0. The van der Waals surface area contributed by atoms with Crippen molar-refractivity contribution in [3.8, 4) is 5.75 Å². The molecule has 0 amide bonds. The lowest BCUT2D eigenvalue weighted by atomic mass is 10.1. The molecule has 0 aliphatic rings. The standard InChI is InChI=1S/C9H7NO2S/c1-5(11)7-4-10-9-6(8(7)12)2-3-13-9/h2-4H,1H3,(H,10,12). The normalized spacial score (nSPS) is 10.5. The van der Waals surface area contributed by atoms with E-state index in [9.17, 15) is 9.90 Å². The van der Waals surface area contributed by atoms with Crippen LogP contribution in [-0.4, -0.2) is 15.9 Å². The summed E-state index contributed by atoms with van der Waals surface area (Å²) >= 11 is 1.44. The summed E-state index contributed by atoms with van der Waals surface area (Å²) in [6.45, 7) is 1.41. The van der Waals surface area contributed by atoms with Gasteiger partial charge in [-0.15, -0.1) is 11.3 Å². The Labute approximate surface area is 78.7 Å². The number of carbonyl (C=O) groups is 1. The molecule has 0 fully saturated rings. The summed E-state index contributed by atoms with van der Waals surface area (Å²) in [6, 6.07) is 1.76. The Morgan fingerprint density at radius 3 is 3.08 bits per heavy atom. The highest BCUT2D eigenvalue weighted by Gasteiger charge is 2.11. The lowest BCUT2D eigenvalue weighted by Gasteiger charge is -1.99. The number of aromatic hydroxyl groups is 1. The van der Waals surface area contributed by atoms with Crippen LogP contribution in [0.3, 0.4) is 0 Å². The van der Waals surface area contributed by atoms with Crippen molar-refractivity contribution in [3.63, 3.8) is 0 Å². The predicted octanol–water partition coefficient (Wildman–Crippen LogP) is 2.20. The third-order valence-electron chi connectivity index (χ3n) is 1.85. The topological polar surface area (TPSA) is 50.2 Å². The second-order valence-electron chi connectivity index (χ2n) is 2.72. The second kappa shape index (κ2) is 2.81. The Kier molecular flexibility index (Phi) is 1.77. The number of fused-ring (bicyclic) bond motifs is 1. The molecule has 2 aromatic heterocycles. The molecular weight excluding hydrogens is 186 g/mol. The van der Waals surface area contributed by atoms with Crippen LogP contribution in [0.2, 0.25) is 0 Å². The van der Waals surface area contributed by atoms with Crippen LogP contribution in [0.5, 0.6) is 5.75 Å². The molecule has 0 atom stereocenters. The van der Waals surface area contributed by atoms with E-state index >= 15 is 0 Å². The Hall–Kier alpha value is -1.42. The molecular formula is C9H7NO2S. The molecule has 0 aliphatic carbocycles. The highest BCUT2D eigenvalue weighted by molar-refractivity contribution is 7.16. The zero-order valence-electron chi connectivity index (χ0n) is 6.94. The Morgan fingerprint density at radius 2 is 2.38 bits per heavy atom. The van der Waals surface area contributed by atoms with Gasteiger partial charge in [0, 0.05) is 6.20 Å². The average Bonchev–Trinajstić information content (AvgIpc) is 2.52. The van der Waals surface area contributed by atoms with Crippen LogP contribution < -0.4 is 0 Å². The molecule has 0 aliphatic heterocycles. The van der Waals surface area contributed by atoms with Gasteiger partial charge in [-0.3, -0.25) is 4.79 Å². The van der Waals surface area contributed by atoms with E-state index in [0.29, 0.717) is 5.39 Å². The number of nitrogens with zero attached hydrogens (tertiary/aromatic N) is 1. The zero-order valence-corrected chi connectivity index (χ0v) is 7.76. The van der Waals surface area contributed by atoms with E-state index in [1.165, 1.54) is 24.5 Å². The van der Waals surface area contributed by atoms with Gasteiger partial charge in [-0.1, -0.05) is 0 Å². The Bertz CT molecular complexity index is 475. The van der Waals surface area contributed by atoms with Gasteiger partial charge in [0.15, 0.2) is 5.78 Å². The van der Waals surface area contributed by atoms with Crippen molar-refractivity contribution in [3.05, 3.63) is 23.2 Å². The van der Waals surface area contributed by atoms with Crippen LogP contribution in [0.1, 0.15) is 17.3 Å². The predicted molar refractivity (Wildman–Crippen MR) is 51.3 cm³/mol.